The van der Waals surface area contributed by atoms with Crippen LogP contribution in [0.25, 0.3) is 22.1 Å². The van der Waals surface area contributed by atoms with Gasteiger partial charge in [0.25, 0.3) is 0 Å². The number of nitrogen functional groups attached to an aromatic ring is 1. The van der Waals surface area contributed by atoms with Gasteiger partial charge in [-0.2, -0.15) is 0 Å². The Morgan fingerprint density at radius 3 is 2.48 bits per heavy atom. The number of carbonyl (C=O) groups is 1. The van der Waals surface area contributed by atoms with Gasteiger partial charge in [-0.25, -0.2) is 0 Å². The number of aromatic hydroxyl groups is 1. The lowest BCUT2D eigenvalue weighted by Gasteiger charge is -2.02. The first-order valence-electron chi connectivity index (χ1n) is 8.05. The molecular weight excluding hydrogens is 385 g/mol. The number of nitrogens with two attached hydrogens (primary N) is 1. The molecule has 0 aliphatic rings. The molecule has 3 aromatic carbocycles. The number of furan rings is 1. The van der Waals surface area contributed by atoms with E-state index in [1.807, 2.05) is 12.1 Å². The van der Waals surface area contributed by atoms with E-state index in [0.29, 0.717) is 16.0 Å². The fourth-order valence-corrected chi connectivity index (χ4v) is 3.44. The quantitative estimate of drug-likeness (QED) is 0.420. The van der Waals surface area contributed by atoms with Crippen molar-refractivity contribution in [2.24, 2.45) is 0 Å². The van der Waals surface area contributed by atoms with Crippen LogP contribution in [0.1, 0.15) is 16.1 Å². The van der Waals surface area contributed by atoms with E-state index in [9.17, 15) is 9.90 Å². The molecule has 4 nitrogen and oxygen atoms in total. The minimum absolute atomic E-state index is 0.0299. The summed E-state index contributed by atoms with van der Waals surface area (Å²) < 4.78 is 5.76. The Morgan fingerprint density at radius 1 is 0.963 bits per heavy atom. The van der Waals surface area contributed by atoms with E-state index < -0.39 is 5.78 Å². The van der Waals surface area contributed by atoms with Crippen molar-refractivity contribution in [2.45, 2.75) is 0 Å². The SMILES string of the molecule is Nc1c(C(=O)c2ccc(Cl)cc2Cl)oc2cc(-c3cccc(O)c3)ccc12. The molecule has 0 aliphatic heterocycles. The highest BCUT2D eigenvalue weighted by Gasteiger charge is 2.22. The zero-order valence-electron chi connectivity index (χ0n) is 13.9. The molecule has 0 unspecified atom stereocenters. The molecule has 0 saturated heterocycles. The second kappa shape index (κ2) is 6.65. The summed E-state index contributed by atoms with van der Waals surface area (Å²) in [5, 5.41) is 11.0. The van der Waals surface area contributed by atoms with Gasteiger partial charge in [-0.1, -0.05) is 41.4 Å². The van der Waals surface area contributed by atoms with Gasteiger partial charge in [0.1, 0.15) is 11.3 Å². The number of anilines is 1. The van der Waals surface area contributed by atoms with Gasteiger partial charge in [0.2, 0.25) is 5.78 Å². The molecule has 0 fully saturated rings. The minimum Gasteiger partial charge on any atom is -0.508 e. The maximum absolute atomic E-state index is 12.8. The fraction of sp³-hybridized carbons (Fsp3) is 0. The fourth-order valence-electron chi connectivity index (χ4n) is 2.95. The number of phenols is 1. The Balaban J connectivity index is 1.81. The van der Waals surface area contributed by atoms with Crippen molar-refractivity contribution < 1.29 is 14.3 Å². The second-order valence-electron chi connectivity index (χ2n) is 6.06. The lowest BCUT2D eigenvalue weighted by molar-refractivity contribution is 0.101. The molecule has 4 aromatic rings. The van der Waals surface area contributed by atoms with Crippen LogP contribution < -0.4 is 5.73 Å². The normalized spacial score (nSPS) is 11.0. The Kier molecular flexibility index (Phi) is 4.30. The molecule has 27 heavy (non-hydrogen) atoms. The monoisotopic (exact) mass is 397 g/mol. The standard InChI is InChI=1S/C21H13Cl2NO3/c22-13-5-7-15(17(23)10-13)20(26)21-19(24)16-6-4-12(9-18(16)27-21)11-2-1-3-14(25)8-11/h1-10,25H,24H2. The number of fused-ring (bicyclic) bond motifs is 1. The summed E-state index contributed by atoms with van der Waals surface area (Å²) in [5.41, 5.74) is 8.79. The van der Waals surface area contributed by atoms with Crippen molar-refractivity contribution in [1.82, 2.24) is 0 Å². The highest BCUT2D eigenvalue weighted by Crippen LogP contribution is 2.35. The van der Waals surface area contributed by atoms with E-state index in [2.05, 4.69) is 0 Å². The molecule has 0 aliphatic carbocycles. The van der Waals surface area contributed by atoms with Crippen molar-refractivity contribution in [3.05, 3.63) is 82.0 Å². The molecule has 0 atom stereocenters. The predicted octanol–water partition coefficient (Wildman–Crippen LogP) is 5.93. The topological polar surface area (TPSA) is 76.5 Å². The maximum atomic E-state index is 12.8. The van der Waals surface area contributed by atoms with Crippen LogP contribution in [-0.2, 0) is 0 Å². The summed E-state index contributed by atoms with van der Waals surface area (Å²) in [4.78, 5) is 12.8. The van der Waals surface area contributed by atoms with E-state index in [-0.39, 0.29) is 27.8 Å². The first-order chi connectivity index (χ1) is 12.9. The van der Waals surface area contributed by atoms with Crippen molar-refractivity contribution in [2.75, 3.05) is 5.73 Å². The molecular formula is C21H13Cl2NO3. The Bertz CT molecular complexity index is 1200. The van der Waals surface area contributed by atoms with Crippen LogP contribution in [0.5, 0.6) is 5.75 Å². The van der Waals surface area contributed by atoms with Gasteiger partial charge >= 0.3 is 0 Å². The zero-order chi connectivity index (χ0) is 19.1. The maximum Gasteiger partial charge on any atom is 0.231 e. The number of rotatable bonds is 3. The van der Waals surface area contributed by atoms with Crippen LogP contribution in [0.4, 0.5) is 5.69 Å². The summed E-state index contributed by atoms with van der Waals surface area (Å²) >= 11 is 12.0. The Hall–Kier alpha value is -2.95. The van der Waals surface area contributed by atoms with Crippen LogP contribution >= 0.6 is 23.2 Å². The predicted molar refractivity (Wildman–Crippen MR) is 108 cm³/mol. The molecule has 1 heterocycles. The van der Waals surface area contributed by atoms with Crippen molar-refractivity contribution in [3.8, 4) is 16.9 Å². The number of hydrogen-bond donors (Lipinski definition) is 2. The van der Waals surface area contributed by atoms with Gasteiger partial charge in [-0.05, 0) is 53.6 Å². The van der Waals surface area contributed by atoms with Gasteiger partial charge in [0.05, 0.1) is 10.7 Å². The van der Waals surface area contributed by atoms with Crippen LogP contribution in [0.15, 0.2) is 65.1 Å². The third-order valence-electron chi connectivity index (χ3n) is 4.29. The summed E-state index contributed by atoms with van der Waals surface area (Å²) in [5.74, 6) is -0.216. The second-order valence-corrected chi connectivity index (χ2v) is 6.90. The third kappa shape index (κ3) is 3.14. The largest absolute Gasteiger partial charge is 0.508 e. The molecule has 1 aromatic heterocycles. The van der Waals surface area contributed by atoms with Gasteiger partial charge in [-0.3, -0.25) is 4.79 Å². The van der Waals surface area contributed by atoms with Crippen LogP contribution in [0.2, 0.25) is 10.0 Å². The van der Waals surface area contributed by atoms with Crippen molar-refractivity contribution in [1.29, 1.82) is 0 Å². The Morgan fingerprint density at radius 2 is 1.74 bits per heavy atom. The van der Waals surface area contributed by atoms with Crippen molar-refractivity contribution >= 4 is 45.6 Å². The lowest BCUT2D eigenvalue weighted by Crippen LogP contribution is -2.03. The molecule has 4 rings (SSSR count). The number of halogens is 2. The summed E-state index contributed by atoms with van der Waals surface area (Å²) in [7, 11) is 0. The van der Waals surface area contributed by atoms with E-state index in [0.717, 1.165) is 11.1 Å². The number of benzene rings is 3. The summed E-state index contributed by atoms with van der Waals surface area (Å²) in [6.07, 6.45) is 0. The average Bonchev–Trinajstić information content (AvgIpc) is 2.97. The van der Waals surface area contributed by atoms with E-state index in [1.165, 1.54) is 12.1 Å². The minimum atomic E-state index is -0.413. The highest BCUT2D eigenvalue weighted by atomic mass is 35.5. The zero-order valence-corrected chi connectivity index (χ0v) is 15.4. The average molecular weight is 398 g/mol. The first-order valence-corrected chi connectivity index (χ1v) is 8.81. The number of phenolic OH excluding ortho intramolecular Hbond substituents is 1. The van der Waals surface area contributed by atoms with E-state index in [1.54, 1.807) is 36.4 Å². The van der Waals surface area contributed by atoms with Gasteiger partial charge in [0.15, 0.2) is 5.76 Å². The lowest BCUT2D eigenvalue weighted by atomic mass is 10.0. The molecule has 6 heteroatoms. The van der Waals surface area contributed by atoms with Crippen LogP contribution in [0, 0.1) is 0 Å². The molecule has 134 valence electrons. The smallest absolute Gasteiger partial charge is 0.231 e. The van der Waals surface area contributed by atoms with Gasteiger partial charge in [-0.15, -0.1) is 0 Å². The Labute approximate surface area is 164 Å². The summed E-state index contributed by atoms with van der Waals surface area (Å²) in [6.45, 7) is 0. The number of carbonyl (C=O) groups excluding carboxylic acids is 1. The number of ketones is 1. The third-order valence-corrected chi connectivity index (χ3v) is 4.84. The van der Waals surface area contributed by atoms with E-state index >= 15 is 0 Å². The van der Waals surface area contributed by atoms with Gasteiger partial charge < -0.3 is 15.3 Å². The highest BCUT2D eigenvalue weighted by molar-refractivity contribution is 6.37. The molecule has 0 amide bonds. The number of hydrogen-bond acceptors (Lipinski definition) is 4. The molecule has 0 radical (unpaired) electrons. The molecule has 0 spiro atoms. The van der Waals surface area contributed by atoms with Crippen LogP contribution in [-0.4, -0.2) is 10.9 Å². The van der Waals surface area contributed by atoms with Crippen molar-refractivity contribution in [3.63, 3.8) is 0 Å². The summed E-state index contributed by atoms with van der Waals surface area (Å²) in [6, 6.07) is 16.9. The molecule has 0 bridgehead atoms. The van der Waals surface area contributed by atoms with Gasteiger partial charge in [0, 0.05) is 16.0 Å². The molecule has 3 N–H and O–H groups in total. The molecule has 0 saturated carbocycles. The first kappa shape index (κ1) is 17.5. The van der Waals surface area contributed by atoms with E-state index in [4.69, 9.17) is 33.4 Å². The van der Waals surface area contributed by atoms with Crippen LogP contribution in [0.3, 0.4) is 0 Å².